The molecule has 176 valence electrons. The first-order valence-electron chi connectivity index (χ1n) is 11.3. The van der Waals surface area contributed by atoms with Crippen LogP contribution in [0.5, 0.6) is 0 Å². The minimum atomic E-state index is -0.533. The lowest BCUT2D eigenvalue weighted by Crippen LogP contribution is -2.42. The number of nitrogens with zero attached hydrogens (tertiary/aromatic N) is 3. The van der Waals surface area contributed by atoms with Gasteiger partial charge in [0.15, 0.2) is 5.69 Å². The first kappa shape index (κ1) is 22.6. The number of anilines is 1. The van der Waals surface area contributed by atoms with Gasteiger partial charge in [-0.15, -0.1) is 0 Å². The van der Waals surface area contributed by atoms with Gasteiger partial charge in [0.1, 0.15) is 11.9 Å². The van der Waals surface area contributed by atoms with Crippen LogP contribution in [-0.2, 0) is 22.7 Å². The van der Waals surface area contributed by atoms with Crippen molar-refractivity contribution in [3.8, 4) is 0 Å². The van der Waals surface area contributed by atoms with E-state index >= 15 is 0 Å². The van der Waals surface area contributed by atoms with Crippen molar-refractivity contribution in [2.45, 2.75) is 32.1 Å². The predicted molar refractivity (Wildman–Crippen MR) is 125 cm³/mol. The molecule has 0 bridgehead atoms. The fourth-order valence-electron chi connectivity index (χ4n) is 4.49. The van der Waals surface area contributed by atoms with E-state index in [2.05, 4.69) is 10.3 Å². The number of aromatic nitrogens is 2. The van der Waals surface area contributed by atoms with Gasteiger partial charge in [-0.1, -0.05) is 41.9 Å². The third kappa shape index (κ3) is 4.56. The van der Waals surface area contributed by atoms with Crippen LogP contribution in [0.25, 0.3) is 0 Å². The van der Waals surface area contributed by atoms with Crippen molar-refractivity contribution >= 4 is 29.1 Å². The normalized spacial score (nSPS) is 18.4. The molecule has 0 radical (unpaired) electrons. The van der Waals surface area contributed by atoms with Crippen molar-refractivity contribution < 1.29 is 18.7 Å². The Morgan fingerprint density at radius 1 is 1.12 bits per heavy atom. The second-order valence-corrected chi connectivity index (χ2v) is 8.99. The number of carbonyl (C=O) groups excluding carboxylic acids is 2. The molecule has 2 aliphatic rings. The molecular formula is C25H24ClFN4O3. The summed E-state index contributed by atoms with van der Waals surface area (Å²) in [7, 11) is 0. The Balaban J connectivity index is 1.18. The van der Waals surface area contributed by atoms with E-state index < -0.39 is 5.82 Å². The molecule has 1 unspecified atom stereocenters. The average molecular weight is 483 g/mol. The maximum atomic E-state index is 13.3. The van der Waals surface area contributed by atoms with Gasteiger partial charge in [-0.3, -0.25) is 9.59 Å². The van der Waals surface area contributed by atoms with Crippen LogP contribution >= 0.6 is 11.6 Å². The molecule has 1 atom stereocenters. The highest BCUT2D eigenvalue weighted by Crippen LogP contribution is 2.29. The predicted octanol–water partition coefficient (Wildman–Crippen LogP) is 4.44. The van der Waals surface area contributed by atoms with Crippen LogP contribution in [0.15, 0.2) is 54.9 Å². The lowest BCUT2D eigenvalue weighted by Gasteiger charge is -2.31. The topological polar surface area (TPSA) is 76.5 Å². The van der Waals surface area contributed by atoms with Crippen LogP contribution in [0.3, 0.4) is 0 Å². The smallest absolute Gasteiger partial charge is 0.274 e. The van der Waals surface area contributed by atoms with Crippen LogP contribution in [0.2, 0.25) is 5.02 Å². The Bertz CT molecular complexity index is 1210. The number of rotatable bonds is 4. The number of ether oxygens (including phenoxy) is 1. The molecule has 7 nitrogen and oxygen atoms in total. The molecule has 3 heterocycles. The number of imidazole rings is 1. The number of piperidine rings is 1. The molecule has 3 aromatic rings. The SMILES string of the molecule is O=C(Nc1ccc(F)c(Cl)c1)C1CCN(C(=O)c2ncn3c2COC(c2ccccc2)C3)CC1. The van der Waals surface area contributed by atoms with Crippen LogP contribution in [0.1, 0.15) is 40.7 Å². The van der Waals surface area contributed by atoms with E-state index in [0.29, 0.717) is 50.5 Å². The Kier molecular flexibility index (Phi) is 6.34. The van der Waals surface area contributed by atoms with Gasteiger partial charge in [0.2, 0.25) is 5.91 Å². The number of hydrogen-bond donors (Lipinski definition) is 1. The Hall–Kier alpha value is -3.23. The molecule has 0 spiro atoms. The molecule has 1 fully saturated rings. The summed E-state index contributed by atoms with van der Waals surface area (Å²) < 4.78 is 21.4. The van der Waals surface area contributed by atoms with Crippen LogP contribution < -0.4 is 5.32 Å². The van der Waals surface area contributed by atoms with E-state index in [4.69, 9.17) is 16.3 Å². The Morgan fingerprint density at radius 2 is 1.88 bits per heavy atom. The first-order valence-corrected chi connectivity index (χ1v) is 11.6. The van der Waals surface area contributed by atoms with Crippen molar-refractivity contribution in [1.29, 1.82) is 0 Å². The molecule has 34 heavy (non-hydrogen) atoms. The number of benzene rings is 2. The van der Waals surface area contributed by atoms with E-state index in [1.165, 1.54) is 18.2 Å². The summed E-state index contributed by atoms with van der Waals surface area (Å²) in [4.78, 5) is 31.9. The fraction of sp³-hybridized carbons (Fsp3) is 0.320. The second-order valence-electron chi connectivity index (χ2n) is 8.59. The van der Waals surface area contributed by atoms with Gasteiger partial charge in [-0.05, 0) is 36.6 Å². The van der Waals surface area contributed by atoms with E-state index in [1.54, 1.807) is 11.2 Å². The zero-order valence-corrected chi connectivity index (χ0v) is 19.2. The standard InChI is InChI=1S/C25H24ClFN4O3/c26-19-12-18(6-7-20(19)27)29-24(32)17-8-10-30(11-9-17)25(33)23-21-14-34-22(13-31(21)15-28-23)16-4-2-1-3-5-16/h1-7,12,15,17,22H,8-11,13-14H2,(H,29,32). The minimum Gasteiger partial charge on any atom is -0.365 e. The summed E-state index contributed by atoms with van der Waals surface area (Å²) in [6.07, 6.45) is 2.70. The summed E-state index contributed by atoms with van der Waals surface area (Å²) in [5.41, 5.74) is 2.74. The largest absolute Gasteiger partial charge is 0.365 e. The van der Waals surface area contributed by atoms with Crippen molar-refractivity contribution in [1.82, 2.24) is 14.5 Å². The molecule has 2 aliphatic heterocycles. The highest BCUT2D eigenvalue weighted by Gasteiger charge is 2.32. The summed E-state index contributed by atoms with van der Waals surface area (Å²) in [6.45, 7) is 1.84. The van der Waals surface area contributed by atoms with Crippen molar-refractivity contribution in [2.75, 3.05) is 18.4 Å². The average Bonchev–Trinajstić information content (AvgIpc) is 3.30. The van der Waals surface area contributed by atoms with Gasteiger partial charge in [0.05, 0.1) is 30.2 Å². The molecule has 0 aliphatic carbocycles. The third-order valence-electron chi connectivity index (χ3n) is 6.44. The maximum Gasteiger partial charge on any atom is 0.274 e. The molecule has 1 saturated heterocycles. The van der Waals surface area contributed by atoms with Crippen LogP contribution in [0, 0.1) is 11.7 Å². The number of nitrogens with one attached hydrogen (secondary N) is 1. The molecule has 2 amide bonds. The highest BCUT2D eigenvalue weighted by molar-refractivity contribution is 6.31. The summed E-state index contributed by atoms with van der Waals surface area (Å²) in [5, 5.41) is 2.74. The third-order valence-corrected chi connectivity index (χ3v) is 6.73. The summed E-state index contributed by atoms with van der Waals surface area (Å²) in [5.74, 6) is -1.07. The molecule has 1 aromatic heterocycles. The Morgan fingerprint density at radius 3 is 2.62 bits per heavy atom. The van der Waals surface area contributed by atoms with Gasteiger partial charge in [-0.25, -0.2) is 9.37 Å². The van der Waals surface area contributed by atoms with E-state index in [1.807, 2.05) is 34.9 Å². The molecule has 9 heteroatoms. The second kappa shape index (κ2) is 9.56. The molecule has 1 N–H and O–H groups in total. The van der Waals surface area contributed by atoms with Crippen molar-refractivity contribution in [3.63, 3.8) is 0 Å². The van der Waals surface area contributed by atoms with Gasteiger partial charge >= 0.3 is 0 Å². The van der Waals surface area contributed by atoms with Gasteiger partial charge in [0.25, 0.3) is 5.91 Å². The van der Waals surface area contributed by atoms with E-state index in [9.17, 15) is 14.0 Å². The number of fused-ring (bicyclic) bond motifs is 1. The maximum absolute atomic E-state index is 13.3. The van der Waals surface area contributed by atoms with Gasteiger partial charge in [-0.2, -0.15) is 0 Å². The zero-order valence-electron chi connectivity index (χ0n) is 18.4. The van der Waals surface area contributed by atoms with Crippen LogP contribution in [0.4, 0.5) is 10.1 Å². The lowest BCUT2D eigenvalue weighted by atomic mass is 9.95. The molecule has 2 aromatic carbocycles. The van der Waals surface area contributed by atoms with Crippen molar-refractivity contribution in [2.24, 2.45) is 5.92 Å². The number of carbonyl (C=O) groups is 2. The number of likely N-dealkylation sites (tertiary alicyclic amines) is 1. The molecular weight excluding hydrogens is 459 g/mol. The van der Waals surface area contributed by atoms with E-state index in [-0.39, 0.29) is 28.9 Å². The molecule has 0 saturated carbocycles. The van der Waals surface area contributed by atoms with Crippen LogP contribution in [-0.4, -0.2) is 39.4 Å². The van der Waals surface area contributed by atoms with E-state index in [0.717, 1.165) is 11.3 Å². The quantitative estimate of drug-likeness (QED) is 0.596. The van der Waals surface area contributed by atoms with Gasteiger partial charge in [0, 0.05) is 24.7 Å². The minimum absolute atomic E-state index is 0.0410. The fourth-order valence-corrected chi connectivity index (χ4v) is 4.67. The first-order chi connectivity index (χ1) is 16.5. The monoisotopic (exact) mass is 482 g/mol. The summed E-state index contributed by atoms with van der Waals surface area (Å²) in [6, 6.07) is 14.1. The van der Waals surface area contributed by atoms with Gasteiger partial charge < -0.3 is 19.5 Å². The lowest BCUT2D eigenvalue weighted by molar-refractivity contribution is -0.121. The molecule has 5 rings (SSSR count). The Labute approximate surface area is 201 Å². The number of halogens is 2. The number of amides is 2. The number of hydrogen-bond acceptors (Lipinski definition) is 4. The summed E-state index contributed by atoms with van der Waals surface area (Å²) >= 11 is 5.79. The zero-order chi connectivity index (χ0) is 23.7. The highest BCUT2D eigenvalue weighted by atomic mass is 35.5. The van der Waals surface area contributed by atoms with Crippen molar-refractivity contribution in [3.05, 3.63) is 82.6 Å².